The Bertz CT molecular complexity index is 974. The van der Waals surface area contributed by atoms with Crippen LogP contribution in [0.1, 0.15) is 15.9 Å². The highest BCUT2D eigenvalue weighted by atomic mass is 31.2. The first-order valence-electron chi connectivity index (χ1n) is 8.29. The summed E-state index contributed by atoms with van der Waals surface area (Å²) in [4.78, 5) is 34.6. The molecule has 0 radical (unpaired) electrons. The topological polar surface area (TPSA) is 109 Å². The van der Waals surface area contributed by atoms with E-state index in [2.05, 4.69) is 14.8 Å². The molecule has 0 saturated heterocycles. The molecule has 0 spiro atoms. The molecule has 27 heavy (non-hydrogen) atoms. The number of benzene rings is 2. The number of carbonyl (C=O) groups is 1. The molecule has 0 bridgehead atoms. The summed E-state index contributed by atoms with van der Waals surface area (Å²) >= 11 is 0. The highest BCUT2D eigenvalue weighted by Crippen LogP contribution is 2.35. The number of hydrogen-bond acceptors (Lipinski definition) is 4. The second kappa shape index (κ2) is 8.41. The quantitative estimate of drug-likeness (QED) is 0.539. The lowest BCUT2D eigenvalue weighted by atomic mass is 10.1. The van der Waals surface area contributed by atoms with Gasteiger partial charge >= 0.3 is 7.82 Å². The fourth-order valence-corrected chi connectivity index (χ4v) is 3.12. The molecule has 140 valence electrons. The molecule has 0 saturated carbocycles. The summed E-state index contributed by atoms with van der Waals surface area (Å²) in [6, 6.07) is 16.0. The summed E-state index contributed by atoms with van der Waals surface area (Å²) in [6.45, 7) is -0.321. The van der Waals surface area contributed by atoms with Gasteiger partial charge in [-0.25, -0.2) is 4.57 Å². The first-order valence-corrected chi connectivity index (χ1v) is 9.82. The lowest BCUT2D eigenvalue weighted by Gasteiger charge is -2.19. The van der Waals surface area contributed by atoms with Crippen LogP contribution in [0.2, 0.25) is 0 Å². The molecule has 1 unspecified atom stereocenters. The number of aromatic nitrogens is 1. The van der Waals surface area contributed by atoms with E-state index in [1.54, 1.807) is 30.6 Å². The smallest absolute Gasteiger partial charge is 0.347 e. The van der Waals surface area contributed by atoms with Crippen LogP contribution in [0.15, 0.2) is 67.0 Å². The molecule has 1 atom stereocenters. The first-order chi connectivity index (χ1) is 12.9. The SMILES string of the molecule is O=C(NC(COP(=O)(O)O)Cc1cccnc1)c1ccc2ccccc2c1. The van der Waals surface area contributed by atoms with E-state index < -0.39 is 13.9 Å². The summed E-state index contributed by atoms with van der Waals surface area (Å²) in [5, 5.41) is 4.73. The molecule has 0 fully saturated rings. The van der Waals surface area contributed by atoms with Gasteiger partial charge in [0.05, 0.1) is 12.6 Å². The third-order valence-corrected chi connectivity index (χ3v) is 4.48. The zero-order valence-corrected chi connectivity index (χ0v) is 15.3. The normalized spacial score (nSPS) is 12.7. The molecular weight excluding hydrogens is 367 g/mol. The van der Waals surface area contributed by atoms with Gasteiger partial charge in [-0.05, 0) is 41.0 Å². The van der Waals surface area contributed by atoms with Crippen molar-refractivity contribution in [2.75, 3.05) is 6.61 Å². The van der Waals surface area contributed by atoms with Gasteiger partial charge in [0.1, 0.15) is 0 Å². The number of carbonyl (C=O) groups excluding carboxylic acids is 1. The Kier molecular flexibility index (Phi) is 5.98. The van der Waals surface area contributed by atoms with E-state index in [-0.39, 0.29) is 12.5 Å². The molecule has 3 N–H and O–H groups in total. The lowest BCUT2D eigenvalue weighted by Crippen LogP contribution is -2.39. The van der Waals surface area contributed by atoms with Crippen molar-refractivity contribution < 1.29 is 23.7 Å². The third kappa shape index (κ3) is 5.70. The Morgan fingerprint density at radius 1 is 1.11 bits per heavy atom. The average Bonchev–Trinajstić information content (AvgIpc) is 2.66. The number of fused-ring (bicyclic) bond motifs is 1. The summed E-state index contributed by atoms with van der Waals surface area (Å²) in [6.07, 6.45) is 3.58. The van der Waals surface area contributed by atoms with E-state index in [0.29, 0.717) is 12.0 Å². The molecule has 7 nitrogen and oxygen atoms in total. The van der Waals surface area contributed by atoms with E-state index in [9.17, 15) is 9.36 Å². The van der Waals surface area contributed by atoms with Crippen molar-refractivity contribution >= 4 is 24.5 Å². The number of rotatable bonds is 7. The van der Waals surface area contributed by atoms with Gasteiger partial charge in [-0.2, -0.15) is 0 Å². The summed E-state index contributed by atoms with van der Waals surface area (Å²) in [7, 11) is -4.64. The highest BCUT2D eigenvalue weighted by molar-refractivity contribution is 7.46. The molecular formula is C19H19N2O5P. The fraction of sp³-hybridized carbons (Fsp3) is 0.158. The van der Waals surface area contributed by atoms with Crippen molar-refractivity contribution in [3.63, 3.8) is 0 Å². The number of hydrogen-bond donors (Lipinski definition) is 3. The zero-order chi connectivity index (χ0) is 19.3. The van der Waals surface area contributed by atoms with Crippen molar-refractivity contribution in [1.82, 2.24) is 10.3 Å². The number of phosphoric ester groups is 1. The minimum Gasteiger partial charge on any atom is -0.347 e. The van der Waals surface area contributed by atoms with E-state index in [1.165, 1.54) is 0 Å². The molecule has 8 heteroatoms. The van der Waals surface area contributed by atoms with Crippen LogP contribution < -0.4 is 5.32 Å². The minimum absolute atomic E-state index is 0.321. The van der Waals surface area contributed by atoms with Crippen LogP contribution in [0.3, 0.4) is 0 Å². The van der Waals surface area contributed by atoms with Crippen molar-refractivity contribution in [2.24, 2.45) is 0 Å². The maximum Gasteiger partial charge on any atom is 0.469 e. The van der Waals surface area contributed by atoms with Crippen LogP contribution in [0, 0.1) is 0 Å². The predicted molar refractivity (Wildman–Crippen MR) is 101 cm³/mol. The molecule has 3 aromatic rings. The minimum atomic E-state index is -4.64. The Morgan fingerprint density at radius 3 is 2.59 bits per heavy atom. The number of pyridine rings is 1. The molecule has 1 amide bonds. The summed E-state index contributed by atoms with van der Waals surface area (Å²) in [5.41, 5.74) is 1.27. The van der Waals surface area contributed by atoms with Crippen molar-refractivity contribution in [3.8, 4) is 0 Å². The molecule has 3 rings (SSSR count). The van der Waals surface area contributed by atoms with Gasteiger partial charge in [0.25, 0.3) is 5.91 Å². The molecule has 0 aliphatic rings. The van der Waals surface area contributed by atoms with E-state index in [4.69, 9.17) is 9.79 Å². The summed E-state index contributed by atoms with van der Waals surface area (Å²) in [5.74, 6) is -0.344. The zero-order valence-electron chi connectivity index (χ0n) is 14.4. The average molecular weight is 386 g/mol. The van der Waals surface area contributed by atoms with Crippen LogP contribution in [-0.4, -0.2) is 33.3 Å². The summed E-state index contributed by atoms with van der Waals surface area (Å²) < 4.78 is 15.6. The van der Waals surface area contributed by atoms with Gasteiger partial charge in [0.15, 0.2) is 0 Å². The van der Waals surface area contributed by atoms with Gasteiger partial charge in [0.2, 0.25) is 0 Å². The molecule has 1 heterocycles. The van der Waals surface area contributed by atoms with Crippen molar-refractivity contribution in [2.45, 2.75) is 12.5 Å². The Hall–Kier alpha value is -2.57. The van der Waals surface area contributed by atoms with E-state index >= 15 is 0 Å². The van der Waals surface area contributed by atoms with Gasteiger partial charge in [-0.15, -0.1) is 0 Å². The first kappa shape index (κ1) is 19.2. The van der Waals surface area contributed by atoms with Gasteiger partial charge in [-0.3, -0.25) is 14.3 Å². The fourth-order valence-electron chi connectivity index (χ4n) is 2.74. The number of nitrogens with zero attached hydrogens (tertiary/aromatic N) is 1. The number of phosphoric acid groups is 1. The number of nitrogens with one attached hydrogen (secondary N) is 1. The van der Waals surface area contributed by atoms with E-state index in [0.717, 1.165) is 16.3 Å². The maximum absolute atomic E-state index is 12.6. The maximum atomic E-state index is 12.6. The Balaban J connectivity index is 1.76. The predicted octanol–water partition coefficient (Wildman–Crippen LogP) is 2.69. The highest BCUT2D eigenvalue weighted by Gasteiger charge is 2.21. The van der Waals surface area contributed by atoms with Gasteiger partial charge in [0, 0.05) is 18.0 Å². The number of amides is 1. The Morgan fingerprint density at radius 2 is 1.89 bits per heavy atom. The molecule has 2 aromatic carbocycles. The monoisotopic (exact) mass is 386 g/mol. The van der Waals surface area contributed by atoms with Crippen molar-refractivity contribution in [1.29, 1.82) is 0 Å². The van der Waals surface area contributed by atoms with Gasteiger partial charge < -0.3 is 15.1 Å². The largest absolute Gasteiger partial charge is 0.469 e. The standard InChI is InChI=1S/C19H19N2O5P/c22-19(17-8-7-15-5-1-2-6-16(15)11-17)21-18(13-26-27(23,24)25)10-14-4-3-9-20-12-14/h1-9,11-12,18H,10,13H2,(H,21,22)(H2,23,24,25). The molecule has 0 aliphatic carbocycles. The van der Waals surface area contributed by atoms with Crippen LogP contribution in [-0.2, 0) is 15.5 Å². The molecule has 1 aromatic heterocycles. The third-order valence-electron chi connectivity index (χ3n) is 4.00. The lowest BCUT2D eigenvalue weighted by molar-refractivity contribution is 0.0909. The Labute approximate surface area is 156 Å². The van der Waals surface area contributed by atoms with Crippen LogP contribution in [0.25, 0.3) is 10.8 Å². The van der Waals surface area contributed by atoms with Crippen LogP contribution >= 0.6 is 7.82 Å². The second-order valence-electron chi connectivity index (χ2n) is 6.08. The molecule has 0 aliphatic heterocycles. The van der Waals surface area contributed by atoms with Crippen molar-refractivity contribution in [3.05, 3.63) is 78.1 Å². The van der Waals surface area contributed by atoms with Crippen LogP contribution in [0.4, 0.5) is 0 Å². The van der Waals surface area contributed by atoms with Gasteiger partial charge in [-0.1, -0.05) is 36.4 Å². The van der Waals surface area contributed by atoms with Crippen LogP contribution in [0.5, 0.6) is 0 Å². The second-order valence-corrected chi connectivity index (χ2v) is 7.32. The van der Waals surface area contributed by atoms with E-state index in [1.807, 2.05) is 36.4 Å².